The molecule has 0 aromatic heterocycles. The lowest BCUT2D eigenvalue weighted by molar-refractivity contribution is -0.137. The molecule has 0 fully saturated rings. The topological polar surface area (TPSA) is 66.4 Å². The monoisotopic (exact) mass is 197 g/mol. The van der Waals surface area contributed by atoms with E-state index in [1.54, 1.807) is 0 Å². The first-order valence-electron chi connectivity index (χ1n) is 4.43. The van der Waals surface area contributed by atoms with Crippen LogP contribution in [-0.4, -0.2) is 23.5 Å². The number of rotatable bonds is 6. The van der Waals surface area contributed by atoms with Crippen LogP contribution in [0.15, 0.2) is 24.3 Å². The SMILES string of the molecule is C/C=C/C=C/CCC(=O)NCC(=O)O. The third-order valence-electron chi connectivity index (χ3n) is 1.41. The summed E-state index contributed by atoms with van der Waals surface area (Å²) in [4.78, 5) is 21.0. The zero-order valence-corrected chi connectivity index (χ0v) is 8.19. The molecule has 0 aliphatic heterocycles. The van der Waals surface area contributed by atoms with Crippen molar-refractivity contribution in [1.29, 1.82) is 0 Å². The fourth-order valence-electron chi connectivity index (χ4n) is 0.763. The first kappa shape index (κ1) is 12.4. The number of carbonyl (C=O) groups excluding carboxylic acids is 1. The van der Waals surface area contributed by atoms with Crippen LogP contribution in [0.25, 0.3) is 0 Å². The van der Waals surface area contributed by atoms with Gasteiger partial charge in [0.25, 0.3) is 0 Å². The van der Waals surface area contributed by atoms with Gasteiger partial charge in [0.05, 0.1) is 0 Å². The Bertz CT molecular complexity index is 244. The second-order valence-electron chi connectivity index (χ2n) is 2.66. The Labute approximate surface area is 83.3 Å². The summed E-state index contributed by atoms with van der Waals surface area (Å²) in [6.45, 7) is 1.60. The average molecular weight is 197 g/mol. The Morgan fingerprint density at radius 2 is 2.07 bits per heavy atom. The van der Waals surface area contributed by atoms with Gasteiger partial charge in [-0.2, -0.15) is 0 Å². The lowest BCUT2D eigenvalue weighted by Crippen LogP contribution is -2.28. The van der Waals surface area contributed by atoms with Gasteiger partial charge in [0.2, 0.25) is 5.91 Å². The maximum atomic E-state index is 11.0. The molecule has 0 saturated heterocycles. The third kappa shape index (κ3) is 8.52. The highest BCUT2D eigenvalue weighted by molar-refractivity contribution is 5.81. The lowest BCUT2D eigenvalue weighted by Gasteiger charge is -1.98. The van der Waals surface area contributed by atoms with Crippen LogP contribution in [0, 0.1) is 0 Å². The number of amides is 1. The van der Waals surface area contributed by atoms with Crippen molar-refractivity contribution >= 4 is 11.9 Å². The van der Waals surface area contributed by atoms with Crippen LogP contribution in [0.3, 0.4) is 0 Å². The fraction of sp³-hybridized carbons (Fsp3) is 0.400. The summed E-state index contributed by atoms with van der Waals surface area (Å²) in [6, 6.07) is 0. The van der Waals surface area contributed by atoms with E-state index in [4.69, 9.17) is 5.11 Å². The van der Waals surface area contributed by atoms with Gasteiger partial charge in [0, 0.05) is 6.42 Å². The largest absolute Gasteiger partial charge is 0.480 e. The lowest BCUT2D eigenvalue weighted by atomic mass is 10.2. The van der Waals surface area contributed by atoms with Gasteiger partial charge in [-0.25, -0.2) is 0 Å². The Hall–Kier alpha value is -1.58. The summed E-state index contributed by atoms with van der Waals surface area (Å²) in [5, 5.41) is 10.5. The molecule has 0 aliphatic carbocycles. The van der Waals surface area contributed by atoms with Gasteiger partial charge < -0.3 is 10.4 Å². The van der Waals surface area contributed by atoms with Gasteiger partial charge in [-0.15, -0.1) is 0 Å². The van der Waals surface area contributed by atoms with Crippen molar-refractivity contribution in [2.24, 2.45) is 0 Å². The molecular weight excluding hydrogens is 182 g/mol. The molecule has 14 heavy (non-hydrogen) atoms. The number of carboxylic acid groups (broad SMARTS) is 1. The number of allylic oxidation sites excluding steroid dienone is 4. The molecule has 4 heteroatoms. The fourth-order valence-corrected chi connectivity index (χ4v) is 0.763. The van der Waals surface area contributed by atoms with Gasteiger partial charge in [-0.05, 0) is 13.3 Å². The summed E-state index contributed by atoms with van der Waals surface area (Å²) in [5.74, 6) is -1.26. The molecule has 0 aromatic rings. The second kappa shape index (κ2) is 8.04. The quantitative estimate of drug-likeness (QED) is 0.626. The molecule has 0 aromatic carbocycles. The third-order valence-corrected chi connectivity index (χ3v) is 1.41. The second-order valence-corrected chi connectivity index (χ2v) is 2.66. The molecule has 0 saturated carbocycles. The Kier molecular flexibility index (Phi) is 7.13. The highest BCUT2D eigenvalue weighted by atomic mass is 16.4. The molecule has 0 heterocycles. The van der Waals surface area contributed by atoms with Crippen LogP contribution in [0.1, 0.15) is 19.8 Å². The predicted molar refractivity (Wildman–Crippen MR) is 53.8 cm³/mol. The Morgan fingerprint density at radius 3 is 2.64 bits per heavy atom. The van der Waals surface area contributed by atoms with Crippen LogP contribution in [0.2, 0.25) is 0 Å². The number of hydrogen-bond donors (Lipinski definition) is 2. The molecule has 0 atom stereocenters. The van der Waals surface area contributed by atoms with E-state index in [-0.39, 0.29) is 12.5 Å². The van der Waals surface area contributed by atoms with Gasteiger partial charge in [-0.3, -0.25) is 9.59 Å². The number of carbonyl (C=O) groups is 2. The number of nitrogens with one attached hydrogen (secondary N) is 1. The molecule has 4 nitrogen and oxygen atoms in total. The summed E-state index contributed by atoms with van der Waals surface area (Å²) in [5.41, 5.74) is 0. The molecule has 1 amide bonds. The first-order chi connectivity index (χ1) is 6.66. The van der Waals surface area contributed by atoms with E-state index in [1.807, 2.05) is 31.2 Å². The van der Waals surface area contributed by atoms with Crippen molar-refractivity contribution in [3.05, 3.63) is 24.3 Å². The van der Waals surface area contributed by atoms with Crippen molar-refractivity contribution in [3.63, 3.8) is 0 Å². The van der Waals surface area contributed by atoms with E-state index in [1.165, 1.54) is 0 Å². The summed E-state index contributed by atoms with van der Waals surface area (Å²) >= 11 is 0. The first-order valence-corrected chi connectivity index (χ1v) is 4.43. The molecular formula is C10H15NO3. The maximum absolute atomic E-state index is 11.0. The van der Waals surface area contributed by atoms with Crippen LogP contribution in [0.4, 0.5) is 0 Å². The zero-order chi connectivity index (χ0) is 10.8. The number of aliphatic carboxylic acids is 1. The van der Waals surface area contributed by atoms with E-state index in [9.17, 15) is 9.59 Å². The molecule has 0 rings (SSSR count). The van der Waals surface area contributed by atoms with Gasteiger partial charge in [-0.1, -0.05) is 24.3 Å². The average Bonchev–Trinajstić information content (AvgIpc) is 2.14. The normalized spacial score (nSPS) is 10.9. The van der Waals surface area contributed by atoms with Crippen molar-refractivity contribution < 1.29 is 14.7 Å². The minimum absolute atomic E-state index is 0.238. The maximum Gasteiger partial charge on any atom is 0.322 e. The van der Waals surface area contributed by atoms with E-state index in [0.717, 1.165) is 0 Å². The molecule has 2 N–H and O–H groups in total. The molecule has 0 unspecified atom stereocenters. The van der Waals surface area contributed by atoms with Gasteiger partial charge in [0.1, 0.15) is 6.54 Å². The highest BCUT2D eigenvalue weighted by Gasteiger charge is 2.01. The molecule has 78 valence electrons. The van der Waals surface area contributed by atoms with Crippen molar-refractivity contribution in [3.8, 4) is 0 Å². The van der Waals surface area contributed by atoms with Crippen LogP contribution in [-0.2, 0) is 9.59 Å². The van der Waals surface area contributed by atoms with E-state index >= 15 is 0 Å². The summed E-state index contributed by atoms with van der Waals surface area (Å²) < 4.78 is 0. The molecule has 0 radical (unpaired) electrons. The Morgan fingerprint density at radius 1 is 1.36 bits per heavy atom. The van der Waals surface area contributed by atoms with Crippen molar-refractivity contribution in [2.75, 3.05) is 6.54 Å². The number of carboxylic acids is 1. The minimum Gasteiger partial charge on any atom is -0.480 e. The smallest absolute Gasteiger partial charge is 0.322 e. The molecule has 0 aliphatic rings. The van der Waals surface area contributed by atoms with Gasteiger partial charge in [0.15, 0.2) is 0 Å². The Balaban J connectivity index is 3.49. The zero-order valence-electron chi connectivity index (χ0n) is 8.19. The van der Waals surface area contributed by atoms with Crippen molar-refractivity contribution in [2.45, 2.75) is 19.8 Å². The standard InChI is InChI=1S/C10H15NO3/c1-2-3-4-5-6-7-9(12)11-8-10(13)14/h2-5H,6-8H2,1H3,(H,11,12)(H,13,14)/b3-2+,5-4+. The molecule has 0 spiro atoms. The van der Waals surface area contributed by atoms with E-state index in [2.05, 4.69) is 5.32 Å². The van der Waals surface area contributed by atoms with Crippen molar-refractivity contribution in [1.82, 2.24) is 5.32 Å². The van der Waals surface area contributed by atoms with E-state index < -0.39 is 5.97 Å². The summed E-state index contributed by atoms with van der Waals surface area (Å²) in [6.07, 6.45) is 8.41. The number of hydrogen-bond acceptors (Lipinski definition) is 2. The van der Waals surface area contributed by atoms with E-state index in [0.29, 0.717) is 12.8 Å². The predicted octanol–water partition coefficient (Wildman–Crippen LogP) is 1.10. The van der Waals surface area contributed by atoms with Crippen LogP contribution in [0.5, 0.6) is 0 Å². The van der Waals surface area contributed by atoms with Gasteiger partial charge >= 0.3 is 5.97 Å². The van der Waals surface area contributed by atoms with Crippen LogP contribution >= 0.6 is 0 Å². The summed E-state index contributed by atoms with van der Waals surface area (Å²) in [7, 11) is 0. The molecule has 0 bridgehead atoms. The highest BCUT2D eigenvalue weighted by Crippen LogP contribution is 1.91. The minimum atomic E-state index is -1.03. The van der Waals surface area contributed by atoms with Crippen LogP contribution < -0.4 is 5.32 Å².